The number of aliphatic carboxylic acids is 1. The molecule has 4 heteroatoms. The van der Waals surface area contributed by atoms with E-state index >= 15 is 0 Å². The number of benzene rings is 1. The van der Waals surface area contributed by atoms with Crippen LogP contribution >= 0.6 is 0 Å². The van der Waals surface area contributed by atoms with E-state index in [1.807, 2.05) is 47.4 Å². The van der Waals surface area contributed by atoms with E-state index in [2.05, 4.69) is 11.9 Å². The third-order valence-corrected chi connectivity index (χ3v) is 3.93. The van der Waals surface area contributed by atoms with E-state index in [0.29, 0.717) is 6.42 Å². The fourth-order valence-electron chi connectivity index (χ4n) is 2.70. The van der Waals surface area contributed by atoms with E-state index in [-0.39, 0.29) is 0 Å². The van der Waals surface area contributed by atoms with Crippen molar-refractivity contribution in [1.29, 1.82) is 0 Å². The molecule has 0 radical (unpaired) electrons. The van der Waals surface area contributed by atoms with E-state index < -0.39 is 12.0 Å². The maximum atomic E-state index is 11.9. The van der Waals surface area contributed by atoms with Crippen molar-refractivity contribution in [2.45, 2.75) is 38.6 Å². The molecule has 1 atom stereocenters. The summed E-state index contributed by atoms with van der Waals surface area (Å²) in [7, 11) is 0. The van der Waals surface area contributed by atoms with Crippen LogP contribution in [0.15, 0.2) is 54.9 Å². The quantitative estimate of drug-likeness (QED) is 0.716. The van der Waals surface area contributed by atoms with Gasteiger partial charge in [-0.2, -0.15) is 0 Å². The van der Waals surface area contributed by atoms with Crippen LogP contribution in [0, 0.1) is 0 Å². The van der Waals surface area contributed by atoms with Crippen molar-refractivity contribution in [2.24, 2.45) is 0 Å². The molecule has 0 unspecified atom stereocenters. The molecule has 1 aromatic carbocycles. The molecule has 1 aromatic heterocycles. The lowest BCUT2D eigenvalue weighted by Gasteiger charge is -2.31. The Bertz CT molecular complexity index is 587. The second-order valence-electron chi connectivity index (χ2n) is 5.65. The number of hydrogen-bond acceptors (Lipinski definition) is 3. The Morgan fingerprint density at radius 3 is 2.43 bits per heavy atom. The van der Waals surface area contributed by atoms with Gasteiger partial charge in [-0.05, 0) is 24.1 Å². The molecule has 4 nitrogen and oxygen atoms in total. The van der Waals surface area contributed by atoms with Gasteiger partial charge in [0.2, 0.25) is 0 Å². The molecule has 0 aliphatic carbocycles. The highest BCUT2D eigenvalue weighted by Crippen LogP contribution is 2.20. The zero-order valence-electron chi connectivity index (χ0n) is 13.6. The van der Waals surface area contributed by atoms with Crippen molar-refractivity contribution in [3.63, 3.8) is 0 Å². The van der Waals surface area contributed by atoms with Crippen molar-refractivity contribution in [1.82, 2.24) is 4.98 Å². The maximum Gasteiger partial charge on any atom is 0.326 e. The predicted octanol–water partition coefficient (Wildman–Crippen LogP) is 3.77. The molecule has 0 bridgehead atoms. The number of anilines is 1. The van der Waals surface area contributed by atoms with E-state index in [0.717, 1.165) is 37.1 Å². The number of hydrogen-bond donors (Lipinski definition) is 1. The SMILES string of the molecule is CCCCCN(c1ccncc1)[C@@H](Cc1ccccc1)C(=O)O. The molecule has 23 heavy (non-hydrogen) atoms. The molecule has 122 valence electrons. The molecule has 0 fully saturated rings. The van der Waals surface area contributed by atoms with Crippen LogP contribution < -0.4 is 4.90 Å². The summed E-state index contributed by atoms with van der Waals surface area (Å²) in [6.07, 6.45) is 7.11. The van der Waals surface area contributed by atoms with Crippen molar-refractivity contribution < 1.29 is 9.90 Å². The first-order chi connectivity index (χ1) is 11.2. The smallest absolute Gasteiger partial charge is 0.326 e. The second kappa shape index (κ2) is 8.93. The molecule has 2 rings (SSSR count). The fraction of sp³-hybridized carbons (Fsp3) is 0.368. The number of nitrogens with zero attached hydrogens (tertiary/aromatic N) is 2. The van der Waals surface area contributed by atoms with Crippen LogP contribution in [0.1, 0.15) is 31.7 Å². The number of unbranched alkanes of at least 4 members (excludes halogenated alkanes) is 2. The standard InChI is InChI=1S/C19H24N2O2/c1-2-3-7-14-21(17-10-12-20-13-11-17)18(19(22)23)15-16-8-5-4-6-9-16/h4-6,8-13,18H,2-3,7,14-15H2,1H3,(H,22,23)/t18-/m0/s1. The Labute approximate surface area is 137 Å². The lowest BCUT2D eigenvalue weighted by atomic mass is 10.0. The third kappa shape index (κ3) is 5.09. The zero-order chi connectivity index (χ0) is 16.5. The second-order valence-corrected chi connectivity index (χ2v) is 5.65. The van der Waals surface area contributed by atoms with Gasteiger partial charge in [0.25, 0.3) is 0 Å². The summed E-state index contributed by atoms with van der Waals surface area (Å²) < 4.78 is 0. The summed E-state index contributed by atoms with van der Waals surface area (Å²) in [6, 6.07) is 13.0. The Balaban J connectivity index is 2.23. The van der Waals surface area contributed by atoms with Gasteiger partial charge in [-0.25, -0.2) is 4.79 Å². The predicted molar refractivity (Wildman–Crippen MR) is 92.7 cm³/mol. The molecule has 0 aliphatic heterocycles. The minimum atomic E-state index is -0.790. The summed E-state index contributed by atoms with van der Waals surface area (Å²) in [5, 5.41) is 9.77. The summed E-state index contributed by atoms with van der Waals surface area (Å²) >= 11 is 0. The van der Waals surface area contributed by atoms with Crippen molar-refractivity contribution in [3.8, 4) is 0 Å². The minimum absolute atomic E-state index is 0.491. The summed E-state index contributed by atoms with van der Waals surface area (Å²) in [4.78, 5) is 17.9. The highest BCUT2D eigenvalue weighted by molar-refractivity contribution is 5.78. The molecule has 0 aliphatic rings. The Kier molecular flexibility index (Phi) is 6.60. The number of rotatable bonds is 9. The van der Waals surface area contributed by atoms with Crippen LogP contribution in [0.3, 0.4) is 0 Å². The van der Waals surface area contributed by atoms with Crippen LogP contribution in [-0.2, 0) is 11.2 Å². The van der Waals surface area contributed by atoms with E-state index in [4.69, 9.17) is 0 Å². The highest BCUT2D eigenvalue weighted by atomic mass is 16.4. The molecule has 2 aromatic rings. The van der Waals surface area contributed by atoms with Crippen LogP contribution in [0.25, 0.3) is 0 Å². The van der Waals surface area contributed by atoms with Gasteiger partial charge in [-0.3, -0.25) is 4.98 Å². The number of carboxylic acids is 1. The molecule has 0 saturated carbocycles. The first-order valence-corrected chi connectivity index (χ1v) is 8.15. The summed E-state index contributed by atoms with van der Waals surface area (Å²) in [6.45, 7) is 2.89. The molecule has 1 heterocycles. The van der Waals surface area contributed by atoms with Crippen LogP contribution in [0.5, 0.6) is 0 Å². The largest absolute Gasteiger partial charge is 0.480 e. The third-order valence-electron chi connectivity index (χ3n) is 3.93. The lowest BCUT2D eigenvalue weighted by Crippen LogP contribution is -2.43. The van der Waals surface area contributed by atoms with Gasteiger partial charge in [-0.1, -0.05) is 50.1 Å². The van der Waals surface area contributed by atoms with Crippen molar-refractivity contribution in [2.75, 3.05) is 11.4 Å². The Morgan fingerprint density at radius 1 is 1.13 bits per heavy atom. The summed E-state index contributed by atoms with van der Waals surface area (Å²) in [5.41, 5.74) is 1.95. The normalized spacial score (nSPS) is 11.9. The average molecular weight is 312 g/mol. The van der Waals surface area contributed by atoms with Crippen LogP contribution in [0.2, 0.25) is 0 Å². The monoisotopic (exact) mass is 312 g/mol. The van der Waals surface area contributed by atoms with Gasteiger partial charge < -0.3 is 10.0 Å². The average Bonchev–Trinajstić information content (AvgIpc) is 2.59. The van der Waals surface area contributed by atoms with Crippen LogP contribution in [0.4, 0.5) is 5.69 Å². The van der Waals surface area contributed by atoms with Gasteiger partial charge >= 0.3 is 5.97 Å². The highest BCUT2D eigenvalue weighted by Gasteiger charge is 2.25. The van der Waals surface area contributed by atoms with Crippen molar-refractivity contribution >= 4 is 11.7 Å². The number of carbonyl (C=O) groups is 1. The zero-order valence-corrected chi connectivity index (χ0v) is 13.6. The molecular weight excluding hydrogens is 288 g/mol. The molecule has 1 N–H and O–H groups in total. The van der Waals surface area contributed by atoms with Gasteiger partial charge in [-0.15, -0.1) is 0 Å². The van der Waals surface area contributed by atoms with Gasteiger partial charge in [0, 0.05) is 31.0 Å². The minimum Gasteiger partial charge on any atom is -0.480 e. The Hall–Kier alpha value is -2.36. The van der Waals surface area contributed by atoms with Crippen LogP contribution in [-0.4, -0.2) is 28.6 Å². The number of pyridine rings is 1. The van der Waals surface area contributed by atoms with Gasteiger partial charge in [0.1, 0.15) is 6.04 Å². The van der Waals surface area contributed by atoms with Crippen molar-refractivity contribution in [3.05, 3.63) is 60.4 Å². The first kappa shape index (κ1) is 17.0. The number of aromatic nitrogens is 1. The maximum absolute atomic E-state index is 11.9. The number of carboxylic acid groups (broad SMARTS) is 1. The van der Waals surface area contributed by atoms with E-state index in [9.17, 15) is 9.90 Å². The lowest BCUT2D eigenvalue weighted by molar-refractivity contribution is -0.138. The van der Waals surface area contributed by atoms with E-state index in [1.54, 1.807) is 12.4 Å². The topological polar surface area (TPSA) is 53.4 Å². The molecule has 0 amide bonds. The first-order valence-electron chi connectivity index (χ1n) is 8.15. The molecule has 0 spiro atoms. The van der Waals surface area contributed by atoms with E-state index in [1.165, 1.54) is 0 Å². The van der Waals surface area contributed by atoms with Gasteiger partial charge in [0.05, 0.1) is 0 Å². The van der Waals surface area contributed by atoms with Gasteiger partial charge in [0.15, 0.2) is 0 Å². The Morgan fingerprint density at radius 2 is 1.83 bits per heavy atom. The summed E-state index contributed by atoms with van der Waals surface area (Å²) in [5.74, 6) is -0.790. The fourth-order valence-corrected chi connectivity index (χ4v) is 2.70. The molecular formula is C19H24N2O2. The molecule has 0 saturated heterocycles.